The maximum atomic E-state index is 13.6. The van der Waals surface area contributed by atoms with E-state index in [0.29, 0.717) is 32.6 Å². The SMILES string of the molecule is O=C(O)c1cn(C(F)F)c2cc(N3CCC4(CC3)CC(=Cc3c(-c5c(Cl)cncc5Cl)noc3C3CC3)C4)ccc12. The molecule has 4 heterocycles. The van der Waals surface area contributed by atoms with E-state index < -0.39 is 12.5 Å². The number of pyridine rings is 1. The van der Waals surface area contributed by atoms with Gasteiger partial charge in [-0.15, -0.1) is 0 Å². The van der Waals surface area contributed by atoms with E-state index in [9.17, 15) is 18.7 Å². The van der Waals surface area contributed by atoms with Crippen LogP contribution in [0.2, 0.25) is 10.0 Å². The number of carbonyl (C=O) groups is 1. The van der Waals surface area contributed by atoms with Crippen molar-refractivity contribution in [2.45, 2.75) is 51.0 Å². The molecule has 1 aliphatic heterocycles. The first-order chi connectivity index (χ1) is 19.7. The monoisotopic (exact) mass is 598 g/mol. The summed E-state index contributed by atoms with van der Waals surface area (Å²) in [6.45, 7) is -1.22. The third kappa shape index (κ3) is 4.59. The van der Waals surface area contributed by atoms with E-state index in [1.54, 1.807) is 24.5 Å². The largest absolute Gasteiger partial charge is 0.478 e. The Balaban J connectivity index is 1.09. The van der Waals surface area contributed by atoms with Crippen molar-refractivity contribution in [2.24, 2.45) is 5.41 Å². The smallest absolute Gasteiger partial charge is 0.337 e. The number of aromatic nitrogens is 3. The van der Waals surface area contributed by atoms with Gasteiger partial charge in [0.25, 0.3) is 0 Å². The second-order valence-corrected chi connectivity index (χ2v) is 12.3. The molecule has 0 radical (unpaired) electrons. The molecule has 2 saturated carbocycles. The molecule has 1 saturated heterocycles. The molecule has 11 heteroatoms. The van der Waals surface area contributed by atoms with Crippen LogP contribution in [0, 0.1) is 5.41 Å². The van der Waals surface area contributed by atoms with E-state index in [1.807, 2.05) is 6.07 Å². The Kier molecular flexibility index (Phi) is 6.35. The van der Waals surface area contributed by atoms with Crippen LogP contribution in [0.3, 0.4) is 0 Å². The molecule has 212 valence electrons. The van der Waals surface area contributed by atoms with Gasteiger partial charge in [0.15, 0.2) is 0 Å². The summed E-state index contributed by atoms with van der Waals surface area (Å²) in [7, 11) is 0. The van der Waals surface area contributed by atoms with E-state index in [0.717, 1.165) is 79.4 Å². The number of piperidine rings is 1. The highest BCUT2D eigenvalue weighted by molar-refractivity contribution is 6.39. The van der Waals surface area contributed by atoms with Crippen molar-refractivity contribution in [1.82, 2.24) is 14.7 Å². The Morgan fingerprint density at radius 1 is 1.15 bits per heavy atom. The minimum atomic E-state index is -2.82. The lowest BCUT2D eigenvalue weighted by atomic mass is 9.60. The van der Waals surface area contributed by atoms with Crippen molar-refractivity contribution in [3.63, 3.8) is 0 Å². The summed E-state index contributed by atoms with van der Waals surface area (Å²) < 4.78 is 33.8. The van der Waals surface area contributed by atoms with Gasteiger partial charge in [-0.05, 0) is 68.2 Å². The zero-order chi connectivity index (χ0) is 28.5. The first-order valence-electron chi connectivity index (χ1n) is 13.6. The molecule has 7 nitrogen and oxygen atoms in total. The maximum absolute atomic E-state index is 13.6. The molecule has 1 N–H and O–H groups in total. The van der Waals surface area contributed by atoms with Crippen LogP contribution in [0.25, 0.3) is 28.2 Å². The summed E-state index contributed by atoms with van der Waals surface area (Å²) in [6.07, 6.45) is 12.4. The average molecular weight is 599 g/mol. The first-order valence-corrected chi connectivity index (χ1v) is 14.4. The van der Waals surface area contributed by atoms with Gasteiger partial charge in [-0.1, -0.05) is 33.9 Å². The fourth-order valence-corrected chi connectivity index (χ4v) is 7.03. The van der Waals surface area contributed by atoms with Crippen LogP contribution in [0.4, 0.5) is 14.5 Å². The summed E-state index contributed by atoms with van der Waals surface area (Å²) in [4.78, 5) is 17.8. The van der Waals surface area contributed by atoms with E-state index in [-0.39, 0.29) is 16.5 Å². The van der Waals surface area contributed by atoms with Crippen molar-refractivity contribution in [1.29, 1.82) is 0 Å². The molecular weight excluding hydrogens is 573 g/mol. The number of carboxylic acid groups (broad SMARTS) is 1. The molecule has 0 amide bonds. The van der Waals surface area contributed by atoms with Gasteiger partial charge in [-0.3, -0.25) is 9.55 Å². The van der Waals surface area contributed by atoms with E-state index >= 15 is 0 Å². The summed E-state index contributed by atoms with van der Waals surface area (Å²) in [5.74, 6) is 0.0440. The van der Waals surface area contributed by atoms with Gasteiger partial charge in [0.1, 0.15) is 11.5 Å². The van der Waals surface area contributed by atoms with Crippen LogP contribution >= 0.6 is 23.2 Å². The standard InChI is InChI=1S/C30H26Cl2F2N4O3/c31-22-13-35-14-23(32)25(22)26-20(27(41-36-26)17-1-2-17)9-16-11-30(12-16)5-7-37(8-6-30)18-3-4-19-21(28(39)40)15-38(29(33)34)24(19)10-18/h3-4,9-10,13-15,17,29H,1-2,5-8,11-12H2,(H,39,40). The Bertz CT molecular complexity index is 1690. The van der Waals surface area contributed by atoms with Gasteiger partial charge in [-0.25, -0.2) is 4.79 Å². The van der Waals surface area contributed by atoms with Crippen LogP contribution in [-0.2, 0) is 0 Å². The predicted molar refractivity (Wildman–Crippen MR) is 153 cm³/mol. The molecular formula is C30H26Cl2F2N4O3. The molecule has 2 aliphatic carbocycles. The topological polar surface area (TPSA) is 84.4 Å². The number of nitrogens with zero attached hydrogens (tertiary/aromatic N) is 4. The van der Waals surface area contributed by atoms with Crippen LogP contribution in [0.15, 0.2) is 46.9 Å². The van der Waals surface area contributed by atoms with Gasteiger partial charge < -0.3 is 14.5 Å². The number of benzene rings is 1. The lowest BCUT2D eigenvalue weighted by Crippen LogP contribution is -2.44. The van der Waals surface area contributed by atoms with E-state index in [2.05, 4.69) is 21.1 Å². The zero-order valence-electron chi connectivity index (χ0n) is 21.9. The number of halogens is 4. The third-order valence-electron chi connectivity index (χ3n) is 8.79. The normalized spacial score (nSPS) is 18.4. The quantitative estimate of drug-likeness (QED) is 0.240. The molecule has 1 aromatic carbocycles. The summed E-state index contributed by atoms with van der Waals surface area (Å²) in [5, 5.41) is 15.0. The van der Waals surface area contributed by atoms with Crippen molar-refractivity contribution < 1.29 is 23.2 Å². The third-order valence-corrected chi connectivity index (χ3v) is 9.37. The van der Waals surface area contributed by atoms with Gasteiger partial charge in [0.05, 0.1) is 21.1 Å². The Morgan fingerprint density at radius 3 is 2.49 bits per heavy atom. The van der Waals surface area contributed by atoms with Crippen molar-refractivity contribution in [2.75, 3.05) is 18.0 Å². The summed E-state index contributed by atoms with van der Waals surface area (Å²) in [5.41, 5.74) is 4.73. The lowest BCUT2D eigenvalue weighted by Gasteiger charge is -2.50. The molecule has 41 heavy (non-hydrogen) atoms. The molecule has 3 aromatic heterocycles. The number of aromatic carboxylic acids is 1. The van der Waals surface area contributed by atoms with Crippen molar-refractivity contribution in [3.05, 3.63) is 69.3 Å². The molecule has 7 rings (SSSR count). The Labute approximate surface area is 244 Å². The average Bonchev–Trinajstić information content (AvgIpc) is 3.57. The number of fused-ring (bicyclic) bond motifs is 1. The Morgan fingerprint density at radius 2 is 1.85 bits per heavy atom. The van der Waals surface area contributed by atoms with Gasteiger partial charge >= 0.3 is 12.5 Å². The van der Waals surface area contributed by atoms with Gasteiger partial charge in [-0.2, -0.15) is 8.78 Å². The predicted octanol–water partition coefficient (Wildman–Crippen LogP) is 8.43. The van der Waals surface area contributed by atoms with Crippen molar-refractivity contribution in [3.8, 4) is 11.3 Å². The number of anilines is 1. The molecule has 3 fully saturated rings. The van der Waals surface area contributed by atoms with Gasteiger partial charge in [0.2, 0.25) is 0 Å². The highest BCUT2D eigenvalue weighted by Gasteiger charge is 2.43. The fraction of sp³-hybridized carbons (Fsp3) is 0.367. The zero-order valence-corrected chi connectivity index (χ0v) is 23.4. The molecule has 3 aliphatic rings. The van der Waals surface area contributed by atoms with Gasteiger partial charge in [0, 0.05) is 59.8 Å². The van der Waals surface area contributed by atoms with Crippen LogP contribution in [-0.4, -0.2) is 38.9 Å². The second-order valence-electron chi connectivity index (χ2n) is 11.4. The van der Waals surface area contributed by atoms with E-state index in [4.69, 9.17) is 27.7 Å². The highest BCUT2D eigenvalue weighted by Crippen LogP contribution is 2.54. The van der Waals surface area contributed by atoms with Crippen molar-refractivity contribution >= 4 is 51.8 Å². The molecule has 0 bridgehead atoms. The minimum Gasteiger partial charge on any atom is -0.478 e. The van der Waals surface area contributed by atoms with Crippen LogP contribution < -0.4 is 4.90 Å². The number of hydrogen-bond acceptors (Lipinski definition) is 5. The molecule has 0 atom stereocenters. The highest BCUT2D eigenvalue weighted by atomic mass is 35.5. The molecule has 1 spiro atoms. The maximum Gasteiger partial charge on any atom is 0.337 e. The fourth-order valence-electron chi connectivity index (χ4n) is 6.49. The number of hydrogen-bond donors (Lipinski definition) is 1. The number of allylic oxidation sites excluding steroid dienone is 1. The summed E-state index contributed by atoms with van der Waals surface area (Å²) in [6, 6.07) is 5.15. The number of rotatable bonds is 6. The summed E-state index contributed by atoms with van der Waals surface area (Å²) >= 11 is 12.9. The van der Waals surface area contributed by atoms with E-state index in [1.165, 1.54) is 5.57 Å². The van der Waals surface area contributed by atoms with Crippen LogP contribution in [0.5, 0.6) is 0 Å². The molecule has 0 unspecified atom stereocenters. The lowest BCUT2D eigenvalue weighted by molar-refractivity contribution is 0.0687. The minimum absolute atomic E-state index is 0.118. The Hall–Kier alpha value is -3.43. The van der Waals surface area contributed by atoms with Crippen LogP contribution in [0.1, 0.15) is 72.7 Å². The first kappa shape index (κ1) is 26.5. The number of alkyl halides is 2. The number of carboxylic acids is 1. The second kappa shape index (κ2) is 9.84. The molecule has 4 aromatic rings.